The fraction of sp³-hybridized carbons (Fsp3) is 0.286. The monoisotopic (exact) mass is 408 g/mol. The summed E-state index contributed by atoms with van der Waals surface area (Å²) >= 11 is 0. The minimum absolute atomic E-state index is 0.234. The SMILES string of the molecule is CC(C)(C)c1cc(NC(=O)C2CC(c3cccc(F)c3)=NO2)n(-c2ncccn2)n1. The summed E-state index contributed by atoms with van der Waals surface area (Å²) in [6.07, 6.45) is 2.61. The third-order valence-electron chi connectivity index (χ3n) is 4.59. The van der Waals surface area contributed by atoms with Crippen LogP contribution in [-0.4, -0.2) is 37.5 Å². The zero-order valence-electron chi connectivity index (χ0n) is 16.8. The summed E-state index contributed by atoms with van der Waals surface area (Å²) in [5.74, 6) is 0.0125. The van der Waals surface area contributed by atoms with Crippen LogP contribution in [0.15, 0.2) is 53.9 Å². The Labute approximate surface area is 172 Å². The molecule has 1 N–H and O–H groups in total. The summed E-state index contributed by atoms with van der Waals surface area (Å²) in [6.45, 7) is 6.07. The van der Waals surface area contributed by atoms with E-state index in [-0.39, 0.29) is 23.6 Å². The van der Waals surface area contributed by atoms with E-state index in [1.807, 2.05) is 20.8 Å². The summed E-state index contributed by atoms with van der Waals surface area (Å²) in [5.41, 5.74) is 1.64. The minimum atomic E-state index is -0.832. The van der Waals surface area contributed by atoms with E-state index in [1.165, 1.54) is 16.8 Å². The number of benzene rings is 1. The lowest BCUT2D eigenvalue weighted by molar-refractivity contribution is -0.125. The van der Waals surface area contributed by atoms with E-state index in [0.29, 0.717) is 23.0 Å². The van der Waals surface area contributed by atoms with Crippen molar-refractivity contribution in [2.24, 2.45) is 5.16 Å². The van der Waals surface area contributed by atoms with Crippen LogP contribution in [0.4, 0.5) is 10.2 Å². The molecule has 0 radical (unpaired) electrons. The molecular formula is C21H21FN6O2. The van der Waals surface area contributed by atoms with Crippen LogP contribution in [0.2, 0.25) is 0 Å². The van der Waals surface area contributed by atoms with Crippen molar-refractivity contribution in [1.82, 2.24) is 19.7 Å². The Balaban J connectivity index is 1.54. The average molecular weight is 408 g/mol. The predicted octanol–water partition coefficient (Wildman–Crippen LogP) is 3.23. The van der Waals surface area contributed by atoms with Gasteiger partial charge >= 0.3 is 0 Å². The van der Waals surface area contributed by atoms with Crippen molar-refractivity contribution in [3.63, 3.8) is 0 Å². The molecule has 1 amide bonds. The molecule has 0 fully saturated rings. The molecule has 3 heterocycles. The second-order valence-electron chi connectivity index (χ2n) is 7.96. The molecule has 0 bridgehead atoms. The van der Waals surface area contributed by atoms with E-state index < -0.39 is 6.10 Å². The van der Waals surface area contributed by atoms with Gasteiger partial charge < -0.3 is 10.2 Å². The first-order chi connectivity index (χ1) is 14.3. The normalized spacial score (nSPS) is 16.1. The largest absolute Gasteiger partial charge is 0.382 e. The molecule has 8 nitrogen and oxygen atoms in total. The summed E-state index contributed by atoms with van der Waals surface area (Å²) in [4.78, 5) is 26.6. The standard InChI is InChI=1S/C21H21FN6O2/c1-21(2,3)17-12-18(28(26-17)20-23-8-5-9-24-20)25-19(29)16-11-15(27-30-16)13-6-4-7-14(22)10-13/h4-10,12,16H,11H2,1-3H3,(H,25,29). The molecule has 1 unspecified atom stereocenters. The van der Waals surface area contributed by atoms with E-state index in [0.717, 1.165) is 5.69 Å². The van der Waals surface area contributed by atoms with Crippen LogP contribution >= 0.6 is 0 Å². The maximum atomic E-state index is 13.5. The molecule has 30 heavy (non-hydrogen) atoms. The summed E-state index contributed by atoms with van der Waals surface area (Å²) in [6, 6.07) is 9.52. The number of carbonyl (C=O) groups is 1. The number of carbonyl (C=O) groups excluding carboxylic acids is 1. The highest BCUT2D eigenvalue weighted by molar-refractivity contribution is 6.06. The van der Waals surface area contributed by atoms with Crippen molar-refractivity contribution in [3.05, 3.63) is 65.9 Å². The highest BCUT2D eigenvalue weighted by Gasteiger charge is 2.31. The average Bonchev–Trinajstić information content (AvgIpc) is 3.36. The molecule has 2 aromatic heterocycles. The third-order valence-corrected chi connectivity index (χ3v) is 4.59. The molecule has 0 spiro atoms. The number of amides is 1. The van der Waals surface area contributed by atoms with E-state index in [1.54, 1.807) is 36.7 Å². The number of halogens is 1. The van der Waals surface area contributed by atoms with Crippen LogP contribution in [0.5, 0.6) is 0 Å². The van der Waals surface area contributed by atoms with Gasteiger partial charge in [-0.2, -0.15) is 9.78 Å². The molecule has 9 heteroatoms. The number of nitrogens with one attached hydrogen (secondary N) is 1. The molecule has 1 aliphatic rings. The molecule has 154 valence electrons. The van der Waals surface area contributed by atoms with Gasteiger partial charge in [0.25, 0.3) is 11.9 Å². The molecule has 4 rings (SSSR count). The fourth-order valence-electron chi connectivity index (χ4n) is 2.95. The van der Waals surface area contributed by atoms with Crippen LogP contribution in [0.1, 0.15) is 38.4 Å². The molecule has 1 atom stereocenters. The first-order valence-corrected chi connectivity index (χ1v) is 9.49. The van der Waals surface area contributed by atoms with E-state index in [9.17, 15) is 9.18 Å². The molecular weight excluding hydrogens is 387 g/mol. The number of anilines is 1. The Hall–Kier alpha value is -3.62. The maximum Gasteiger partial charge on any atom is 0.269 e. The number of hydrogen-bond donors (Lipinski definition) is 1. The first-order valence-electron chi connectivity index (χ1n) is 9.49. The van der Waals surface area contributed by atoms with Crippen LogP contribution in [0.3, 0.4) is 0 Å². The van der Waals surface area contributed by atoms with Gasteiger partial charge in [0.1, 0.15) is 11.6 Å². The summed E-state index contributed by atoms with van der Waals surface area (Å²) in [7, 11) is 0. The van der Waals surface area contributed by atoms with Crippen molar-refractivity contribution < 1.29 is 14.0 Å². The second kappa shape index (κ2) is 7.66. The topological polar surface area (TPSA) is 94.3 Å². The number of aromatic nitrogens is 4. The summed E-state index contributed by atoms with van der Waals surface area (Å²) in [5, 5.41) is 11.4. The zero-order chi connectivity index (χ0) is 21.3. The van der Waals surface area contributed by atoms with Gasteiger partial charge in [0, 0.05) is 35.9 Å². The van der Waals surface area contributed by atoms with Gasteiger partial charge in [-0.15, -0.1) is 0 Å². The lowest BCUT2D eigenvalue weighted by Gasteiger charge is -2.13. The number of nitrogens with zero attached hydrogens (tertiary/aromatic N) is 5. The Kier molecular flexibility index (Phi) is 5.03. The second-order valence-corrected chi connectivity index (χ2v) is 7.96. The van der Waals surface area contributed by atoms with Crippen molar-refractivity contribution in [3.8, 4) is 5.95 Å². The summed E-state index contributed by atoms with van der Waals surface area (Å²) < 4.78 is 15.0. The quantitative estimate of drug-likeness (QED) is 0.715. The lowest BCUT2D eigenvalue weighted by atomic mass is 9.92. The molecule has 0 saturated heterocycles. The van der Waals surface area contributed by atoms with Gasteiger partial charge in [-0.05, 0) is 18.2 Å². The Morgan fingerprint density at radius 2 is 1.97 bits per heavy atom. The van der Waals surface area contributed by atoms with Crippen molar-refractivity contribution in [2.45, 2.75) is 38.7 Å². The van der Waals surface area contributed by atoms with Crippen molar-refractivity contribution in [2.75, 3.05) is 5.32 Å². The number of rotatable bonds is 4. The van der Waals surface area contributed by atoms with E-state index >= 15 is 0 Å². The molecule has 1 aliphatic heterocycles. The highest BCUT2D eigenvalue weighted by atomic mass is 19.1. The van der Waals surface area contributed by atoms with Gasteiger partial charge in [-0.25, -0.2) is 14.4 Å². The van der Waals surface area contributed by atoms with Crippen LogP contribution in [0.25, 0.3) is 5.95 Å². The third kappa shape index (κ3) is 4.05. The van der Waals surface area contributed by atoms with Gasteiger partial charge in [0.2, 0.25) is 6.10 Å². The molecule has 0 aliphatic carbocycles. The molecule has 3 aromatic rings. The van der Waals surface area contributed by atoms with E-state index in [4.69, 9.17) is 4.84 Å². The molecule has 1 aromatic carbocycles. The lowest BCUT2D eigenvalue weighted by Crippen LogP contribution is -2.29. The predicted molar refractivity (Wildman–Crippen MR) is 109 cm³/mol. The van der Waals surface area contributed by atoms with Crippen LogP contribution in [0, 0.1) is 5.82 Å². The maximum absolute atomic E-state index is 13.5. The van der Waals surface area contributed by atoms with Crippen molar-refractivity contribution in [1.29, 1.82) is 0 Å². The van der Waals surface area contributed by atoms with Gasteiger partial charge in [0.15, 0.2) is 0 Å². The van der Waals surface area contributed by atoms with Gasteiger partial charge in [-0.1, -0.05) is 38.1 Å². The number of hydrogen-bond acceptors (Lipinski definition) is 6. The fourth-order valence-corrected chi connectivity index (χ4v) is 2.95. The number of oxime groups is 1. The van der Waals surface area contributed by atoms with Crippen molar-refractivity contribution >= 4 is 17.4 Å². The smallest absolute Gasteiger partial charge is 0.269 e. The first kappa shape index (κ1) is 19.7. The van der Waals surface area contributed by atoms with Crippen LogP contribution < -0.4 is 5.32 Å². The van der Waals surface area contributed by atoms with Gasteiger partial charge in [-0.3, -0.25) is 4.79 Å². The highest BCUT2D eigenvalue weighted by Crippen LogP contribution is 2.26. The van der Waals surface area contributed by atoms with Gasteiger partial charge in [0.05, 0.1) is 11.4 Å². The Bertz CT molecular complexity index is 1100. The molecule has 0 saturated carbocycles. The minimum Gasteiger partial charge on any atom is -0.382 e. The Morgan fingerprint density at radius 1 is 1.20 bits per heavy atom. The van der Waals surface area contributed by atoms with E-state index in [2.05, 4.69) is 25.5 Å². The zero-order valence-corrected chi connectivity index (χ0v) is 16.8. The Morgan fingerprint density at radius 3 is 2.67 bits per heavy atom. The van der Waals surface area contributed by atoms with Crippen LogP contribution in [-0.2, 0) is 15.0 Å².